The molecular formula is C20H28N4OS2. The van der Waals surface area contributed by atoms with Crippen molar-refractivity contribution in [2.75, 3.05) is 19.6 Å². The summed E-state index contributed by atoms with van der Waals surface area (Å²) < 4.78 is 0. The summed E-state index contributed by atoms with van der Waals surface area (Å²) in [6.45, 7) is 7.88. The van der Waals surface area contributed by atoms with Crippen LogP contribution in [-0.4, -0.2) is 36.4 Å². The SMILES string of the molecule is CCNC(=NCc1ccc(CC)s1)NCCC(=O)N1CCc2sccc2C1. The van der Waals surface area contributed by atoms with Gasteiger partial charge in [0.15, 0.2) is 5.96 Å². The summed E-state index contributed by atoms with van der Waals surface area (Å²) in [6.07, 6.45) is 2.54. The van der Waals surface area contributed by atoms with E-state index in [1.807, 2.05) is 16.2 Å². The van der Waals surface area contributed by atoms with Gasteiger partial charge in [-0.15, -0.1) is 22.7 Å². The van der Waals surface area contributed by atoms with E-state index >= 15 is 0 Å². The lowest BCUT2D eigenvalue weighted by molar-refractivity contribution is -0.131. The molecule has 1 amide bonds. The molecule has 27 heavy (non-hydrogen) atoms. The quantitative estimate of drug-likeness (QED) is 0.549. The van der Waals surface area contributed by atoms with Crippen LogP contribution in [0.15, 0.2) is 28.6 Å². The van der Waals surface area contributed by atoms with Gasteiger partial charge in [0.2, 0.25) is 5.91 Å². The first-order valence-electron chi connectivity index (χ1n) is 9.62. The summed E-state index contributed by atoms with van der Waals surface area (Å²) in [6, 6.07) is 6.46. The predicted octanol–water partition coefficient (Wildman–Crippen LogP) is 3.40. The Bertz CT molecular complexity index is 781. The second-order valence-corrected chi connectivity index (χ2v) is 8.78. The molecular weight excluding hydrogens is 376 g/mol. The summed E-state index contributed by atoms with van der Waals surface area (Å²) in [5.74, 6) is 0.983. The Labute approximate surface area is 169 Å². The van der Waals surface area contributed by atoms with Crippen LogP contribution in [0, 0.1) is 0 Å². The molecule has 0 bridgehead atoms. The Morgan fingerprint density at radius 1 is 1.22 bits per heavy atom. The van der Waals surface area contributed by atoms with Crippen molar-refractivity contribution in [2.45, 2.75) is 46.2 Å². The number of hydrogen-bond donors (Lipinski definition) is 2. The number of amides is 1. The first kappa shape index (κ1) is 19.9. The van der Waals surface area contributed by atoms with E-state index < -0.39 is 0 Å². The summed E-state index contributed by atoms with van der Waals surface area (Å²) in [4.78, 5) is 23.2. The average molecular weight is 405 g/mol. The van der Waals surface area contributed by atoms with E-state index in [-0.39, 0.29) is 5.91 Å². The lowest BCUT2D eigenvalue weighted by atomic mass is 10.1. The summed E-state index contributed by atoms with van der Waals surface area (Å²) in [7, 11) is 0. The smallest absolute Gasteiger partial charge is 0.224 e. The van der Waals surface area contributed by atoms with Gasteiger partial charge in [0.1, 0.15) is 0 Å². The van der Waals surface area contributed by atoms with Gasteiger partial charge in [0, 0.05) is 47.2 Å². The molecule has 0 saturated carbocycles. The number of aliphatic imine (C=N–C) groups is 1. The molecule has 146 valence electrons. The fourth-order valence-electron chi connectivity index (χ4n) is 3.10. The lowest BCUT2D eigenvalue weighted by Crippen LogP contribution is -2.41. The molecule has 2 N–H and O–H groups in total. The molecule has 0 aromatic carbocycles. The second-order valence-electron chi connectivity index (χ2n) is 6.53. The second kappa shape index (κ2) is 9.90. The minimum absolute atomic E-state index is 0.209. The number of fused-ring (bicyclic) bond motifs is 1. The van der Waals surface area contributed by atoms with Crippen molar-refractivity contribution in [3.8, 4) is 0 Å². The zero-order chi connectivity index (χ0) is 19.1. The summed E-state index contributed by atoms with van der Waals surface area (Å²) in [5, 5.41) is 8.67. The highest BCUT2D eigenvalue weighted by atomic mass is 32.1. The van der Waals surface area contributed by atoms with Crippen molar-refractivity contribution in [3.63, 3.8) is 0 Å². The number of aryl methyl sites for hydroxylation is 1. The first-order valence-corrected chi connectivity index (χ1v) is 11.3. The Balaban J connectivity index is 1.46. The van der Waals surface area contributed by atoms with Crippen LogP contribution in [0.1, 0.15) is 40.5 Å². The van der Waals surface area contributed by atoms with Crippen LogP contribution >= 0.6 is 22.7 Å². The van der Waals surface area contributed by atoms with Gasteiger partial charge in [-0.3, -0.25) is 4.79 Å². The molecule has 2 aromatic heterocycles. The highest BCUT2D eigenvalue weighted by Gasteiger charge is 2.20. The topological polar surface area (TPSA) is 56.7 Å². The number of carbonyl (C=O) groups is 1. The number of nitrogens with zero attached hydrogens (tertiary/aromatic N) is 2. The van der Waals surface area contributed by atoms with Gasteiger partial charge < -0.3 is 15.5 Å². The standard InChI is InChI=1S/C20H28N4OS2/c1-3-16-5-6-17(27-16)13-23-20(21-4-2)22-10-7-19(25)24-11-8-18-15(14-24)9-12-26-18/h5-6,9,12H,3-4,7-8,10-11,13-14H2,1-2H3,(H2,21,22,23). The van der Waals surface area contributed by atoms with Crippen LogP contribution in [0.4, 0.5) is 0 Å². The van der Waals surface area contributed by atoms with Crippen molar-refractivity contribution >= 4 is 34.5 Å². The van der Waals surface area contributed by atoms with E-state index in [1.54, 1.807) is 11.3 Å². The molecule has 1 aliphatic rings. The lowest BCUT2D eigenvalue weighted by Gasteiger charge is -2.27. The molecule has 0 saturated heterocycles. The molecule has 2 aromatic rings. The molecule has 3 rings (SSSR count). The minimum Gasteiger partial charge on any atom is -0.357 e. The summed E-state index contributed by atoms with van der Waals surface area (Å²) >= 11 is 3.61. The van der Waals surface area contributed by atoms with E-state index in [0.29, 0.717) is 19.5 Å². The van der Waals surface area contributed by atoms with Gasteiger partial charge in [-0.05, 0) is 48.9 Å². The van der Waals surface area contributed by atoms with Gasteiger partial charge in [0.05, 0.1) is 6.54 Å². The molecule has 0 atom stereocenters. The van der Waals surface area contributed by atoms with Gasteiger partial charge in [-0.1, -0.05) is 6.92 Å². The van der Waals surface area contributed by atoms with E-state index in [4.69, 9.17) is 0 Å². The fraction of sp³-hybridized carbons (Fsp3) is 0.500. The number of nitrogens with one attached hydrogen (secondary N) is 2. The third kappa shape index (κ3) is 5.56. The van der Waals surface area contributed by atoms with Gasteiger partial charge in [-0.2, -0.15) is 0 Å². The van der Waals surface area contributed by atoms with Crippen LogP contribution in [0.2, 0.25) is 0 Å². The zero-order valence-electron chi connectivity index (χ0n) is 16.1. The molecule has 5 nitrogen and oxygen atoms in total. The van der Waals surface area contributed by atoms with Crippen LogP contribution in [-0.2, 0) is 30.7 Å². The number of rotatable bonds is 7. The van der Waals surface area contributed by atoms with Crippen LogP contribution in [0.25, 0.3) is 0 Å². The van der Waals surface area contributed by atoms with Crippen LogP contribution < -0.4 is 10.6 Å². The van der Waals surface area contributed by atoms with E-state index in [1.165, 1.54) is 20.2 Å². The Hall–Kier alpha value is -1.86. The zero-order valence-corrected chi connectivity index (χ0v) is 17.7. The van der Waals surface area contributed by atoms with Crippen molar-refractivity contribution in [1.29, 1.82) is 0 Å². The van der Waals surface area contributed by atoms with Crippen molar-refractivity contribution in [1.82, 2.24) is 15.5 Å². The maximum Gasteiger partial charge on any atom is 0.224 e. The van der Waals surface area contributed by atoms with Gasteiger partial charge in [0.25, 0.3) is 0 Å². The van der Waals surface area contributed by atoms with Gasteiger partial charge in [-0.25, -0.2) is 4.99 Å². The fourth-order valence-corrected chi connectivity index (χ4v) is 4.88. The average Bonchev–Trinajstić information content (AvgIpc) is 3.34. The highest BCUT2D eigenvalue weighted by Crippen LogP contribution is 2.24. The van der Waals surface area contributed by atoms with E-state index in [2.05, 4.69) is 53.1 Å². The van der Waals surface area contributed by atoms with Crippen molar-refractivity contribution < 1.29 is 4.79 Å². The monoisotopic (exact) mass is 404 g/mol. The third-order valence-corrected chi connectivity index (χ3v) is 6.83. The van der Waals surface area contributed by atoms with Gasteiger partial charge >= 0.3 is 0 Å². The molecule has 0 fully saturated rings. The minimum atomic E-state index is 0.209. The van der Waals surface area contributed by atoms with Crippen LogP contribution in [0.5, 0.6) is 0 Å². The largest absolute Gasteiger partial charge is 0.357 e. The molecule has 0 radical (unpaired) electrons. The Kier molecular flexibility index (Phi) is 7.29. The normalized spacial score (nSPS) is 14.1. The third-order valence-electron chi connectivity index (χ3n) is 4.59. The number of guanidine groups is 1. The van der Waals surface area contributed by atoms with Crippen molar-refractivity contribution in [3.05, 3.63) is 43.8 Å². The maximum atomic E-state index is 12.5. The predicted molar refractivity (Wildman–Crippen MR) is 115 cm³/mol. The highest BCUT2D eigenvalue weighted by molar-refractivity contribution is 7.12. The molecule has 0 aliphatic carbocycles. The number of thiophene rings is 2. The molecule has 0 spiro atoms. The Morgan fingerprint density at radius 3 is 2.85 bits per heavy atom. The van der Waals surface area contributed by atoms with E-state index in [9.17, 15) is 4.79 Å². The Morgan fingerprint density at radius 2 is 2.07 bits per heavy atom. The molecule has 7 heteroatoms. The van der Waals surface area contributed by atoms with E-state index in [0.717, 1.165) is 38.4 Å². The molecule has 1 aliphatic heterocycles. The first-order chi connectivity index (χ1) is 13.2. The summed E-state index contributed by atoms with van der Waals surface area (Å²) in [5.41, 5.74) is 1.31. The van der Waals surface area contributed by atoms with Crippen molar-refractivity contribution in [2.24, 2.45) is 4.99 Å². The molecule has 0 unspecified atom stereocenters. The number of carbonyl (C=O) groups excluding carboxylic acids is 1. The number of hydrogen-bond acceptors (Lipinski definition) is 4. The maximum absolute atomic E-state index is 12.5. The molecule has 3 heterocycles. The van der Waals surface area contributed by atoms with Crippen LogP contribution in [0.3, 0.4) is 0 Å².